The molecule has 1 fully saturated rings. The number of fused-ring (bicyclic) bond motifs is 1. The number of nitrogens with one attached hydrogen (secondary N) is 1. The Balaban J connectivity index is 2.13. The van der Waals surface area contributed by atoms with Crippen LogP contribution in [0.2, 0.25) is 0 Å². The highest BCUT2D eigenvalue weighted by atomic mass is 32.1. The van der Waals surface area contributed by atoms with E-state index in [0.717, 1.165) is 32.0 Å². The maximum absolute atomic E-state index is 13.7. The number of hydrogen-bond acceptors (Lipinski definition) is 2. The van der Waals surface area contributed by atoms with E-state index in [2.05, 4.69) is 16.9 Å². The molecular weight excluding hydrogens is 268 g/mol. The van der Waals surface area contributed by atoms with Crippen molar-refractivity contribution in [3.63, 3.8) is 0 Å². The fourth-order valence-corrected chi connectivity index (χ4v) is 3.12. The van der Waals surface area contributed by atoms with Crippen LogP contribution in [0.1, 0.15) is 18.9 Å². The summed E-state index contributed by atoms with van der Waals surface area (Å²) in [4.78, 5) is 5.10. The molecule has 2 aromatic rings. The van der Waals surface area contributed by atoms with Crippen LogP contribution in [0.25, 0.3) is 11.0 Å². The summed E-state index contributed by atoms with van der Waals surface area (Å²) in [7, 11) is 2.07. The Labute approximate surface area is 114 Å². The fourth-order valence-electron chi connectivity index (χ4n) is 2.77. The normalized spacial score (nSPS) is 18.3. The Kier molecular flexibility index (Phi) is 3.14. The highest BCUT2D eigenvalue weighted by Crippen LogP contribution is 2.28. The van der Waals surface area contributed by atoms with Crippen LogP contribution in [-0.2, 0) is 0 Å². The summed E-state index contributed by atoms with van der Waals surface area (Å²) in [6.07, 6.45) is 1.88. The first kappa shape index (κ1) is 12.7. The number of hydrogen-bond donors (Lipinski definition) is 1. The lowest BCUT2D eigenvalue weighted by Gasteiger charge is -2.30. The summed E-state index contributed by atoms with van der Waals surface area (Å²) in [5.74, 6) is -1.16. The zero-order valence-corrected chi connectivity index (χ0v) is 11.4. The van der Waals surface area contributed by atoms with E-state index in [1.54, 1.807) is 0 Å². The first-order valence-electron chi connectivity index (χ1n) is 6.34. The third-order valence-electron chi connectivity index (χ3n) is 3.80. The van der Waals surface area contributed by atoms with E-state index < -0.39 is 11.6 Å². The van der Waals surface area contributed by atoms with Crippen LogP contribution in [0.5, 0.6) is 0 Å². The number of halogens is 2. The largest absolute Gasteiger partial charge is 0.328 e. The van der Waals surface area contributed by atoms with E-state index in [9.17, 15) is 8.78 Å². The predicted octanol–water partition coefficient (Wildman–Crippen LogP) is 3.24. The van der Waals surface area contributed by atoms with Gasteiger partial charge in [-0.1, -0.05) is 0 Å². The lowest BCUT2D eigenvalue weighted by Crippen LogP contribution is -2.31. The third-order valence-corrected chi connectivity index (χ3v) is 4.10. The first-order chi connectivity index (χ1) is 9.06. The van der Waals surface area contributed by atoms with Crippen LogP contribution in [0.4, 0.5) is 8.78 Å². The van der Waals surface area contributed by atoms with Gasteiger partial charge in [0.1, 0.15) is 11.3 Å². The molecule has 1 aromatic carbocycles. The Morgan fingerprint density at radius 1 is 1.26 bits per heavy atom. The minimum Gasteiger partial charge on any atom is -0.328 e. The van der Waals surface area contributed by atoms with E-state index in [0.29, 0.717) is 15.8 Å². The topological polar surface area (TPSA) is 24.0 Å². The van der Waals surface area contributed by atoms with Gasteiger partial charge >= 0.3 is 0 Å². The molecule has 6 heteroatoms. The number of nitrogens with zero attached hydrogens (tertiary/aromatic N) is 2. The summed E-state index contributed by atoms with van der Waals surface area (Å²) >= 11 is 5.27. The average molecular weight is 283 g/mol. The van der Waals surface area contributed by atoms with Gasteiger partial charge in [0.2, 0.25) is 0 Å². The van der Waals surface area contributed by atoms with Gasteiger partial charge in [0, 0.05) is 12.1 Å². The minimum absolute atomic E-state index is 0.207. The summed E-state index contributed by atoms with van der Waals surface area (Å²) in [6, 6.07) is 2.44. The summed E-state index contributed by atoms with van der Waals surface area (Å²) in [5.41, 5.74) is 0.822. The molecule has 0 saturated carbocycles. The molecule has 1 aromatic heterocycles. The molecule has 0 atom stereocenters. The van der Waals surface area contributed by atoms with Crippen LogP contribution in [-0.4, -0.2) is 34.6 Å². The van der Waals surface area contributed by atoms with Gasteiger partial charge in [-0.15, -0.1) is 0 Å². The smallest absolute Gasteiger partial charge is 0.178 e. The second-order valence-electron chi connectivity index (χ2n) is 5.12. The Bertz CT molecular complexity index is 668. The zero-order valence-electron chi connectivity index (χ0n) is 10.6. The monoisotopic (exact) mass is 283 g/mol. The summed E-state index contributed by atoms with van der Waals surface area (Å²) in [5, 5.41) is 0. The fraction of sp³-hybridized carbons (Fsp3) is 0.462. The van der Waals surface area contributed by atoms with Gasteiger partial charge < -0.3 is 14.5 Å². The molecule has 3 rings (SSSR count). The van der Waals surface area contributed by atoms with E-state index in [-0.39, 0.29) is 6.04 Å². The van der Waals surface area contributed by atoms with Gasteiger partial charge in [-0.2, -0.15) is 0 Å². The van der Waals surface area contributed by atoms with Gasteiger partial charge in [-0.3, -0.25) is 0 Å². The number of aromatic amines is 1. The lowest BCUT2D eigenvalue weighted by molar-refractivity contribution is 0.223. The van der Waals surface area contributed by atoms with Crippen molar-refractivity contribution < 1.29 is 8.78 Å². The lowest BCUT2D eigenvalue weighted by atomic mass is 10.1. The molecule has 0 spiro atoms. The highest BCUT2D eigenvalue weighted by Gasteiger charge is 2.22. The zero-order chi connectivity index (χ0) is 13.6. The number of piperidine rings is 1. The van der Waals surface area contributed by atoms with Crippen molar-refractivity contribution in [1.82, 2.24) is 14.5 Å². The molecule has 2 heterocycles. The maximum atomic E-state index is 13.7. The van der Waals surface area contributed by atoms with E-state index in [1.165, 1.54) is 6.07 Å². The molecule has 3 nitrogen and oxygen atoms in total. The molecular formula is C13H15F2N3S. The summed E-state index contributed by atoms with van der Waals surface area (Å²) in [6.45, 7) is 1.94. The molecule has 0 radical (unpaired) electrons. The average Bonchev–Trinajstić information content (AvgIpc) is 2.67. The van der Waals surface area contributed by atoms with E-state index in [4.69, 9.17) is 12.2 Å². The minimum atomic E-state index is -0.590. The Morgan fingerprint density at radius 2 is 1.95 bits per heavy atom. The molecule has 19 heavy (non-hydrogen) atoms. The number of rotatable bonds is 1. The number of aromatic nitrogens is 2. The van der Waals surface area contributed by atoms with Gasteiger partial charge in [0.25, 0.3) is 0 Å². The summed E-state index contributed by atoms with van der Waals surface area (Å²) < 4.78 is 29.5. The second kappa shape index (κ2) is 4.68. The Hall–Kier alpha value is -1.27. The van der Waals surface area contributed by atoms with E-state index in [1.807, 2.05) is 4.57 Å². The van der Waals surface area contributed by atoms with Gasteiger partial charge in [-0.25, -0.2) is 8.78 Å². The van der Waals surface area contributed by atoms with Crippen molar-refractivity contribution in [1.29, 1.82) is 0 Å². The molecule has 1 N–H and O–H groups in total. The molecule has 0 aliphatic carbocycles. The van der Waals surface area contributed by atoms with Crippen molar-refractivity contribution in [2.75, 3.05) is 20.1 Å². The Morgan fingerprint density at radius 3 is 2.63 bits per heavy atom. The number of likely N-dealkylation sites (tertiary alicyclic amines) is 1. The number of imidazole rings is 1. The molecule has 0 bridgehead atoms. The van der Waals surface area contributed by atoms with Crippen LogP contribution >= 0.6 is 12.2 Å². The van der Waals surface area contributed by atoms with Crippen molar-refractivity contribution in [2.24, 2.45) is 0 Å². The molecule has 0 amide bonds. The molecule has 102 valence electrons. The van der Waals surface area contributed by atoms with Gasteiger partial charge in [-0.05, 0) is 51.3 Å². The van der Waals surface area contributed by atoms with E-state index >= 15 is 0 Å². The first-order valence-corrected chi connectivity index (χ1v) is 6.75. The van der Waals surface area contributed by atoms with Crippen molar-refractivity contribution >= 4 is 23.3 Å². The maximum Gasteiger partial charge on any atom is 0.178 e. The molecule has 1 aliphatic rings. The third kappa shape index (κ3) is 2.19. The van der Waals surface area contributed by atoms with Gasteiger partial charge in [0.15, 0.2) is 10.6 Å². The van der Waals surface area contributed by atoms with Crippen LogP contribution < -0.4 is 0 Å². The number of H-pyrrole nitrogens is 1. The van der Waals surface area contributed by atoms with Crippen molar-refractivity contribution in [3.8, 4) is 0 Å². The highest BCUT2D eigenvalue weighted by molar-refractivity contribution is 7.71. The van der Waals surface area contributed by atoms with Gasteiger partial charge in [0.05, 0.1) is 5.52 Å². The van der Waals surface area contributed by atoms with Crippen LogP contribution in [0, 0.1) is 16.4 Å². The van der Waals surface area contributed by atoms with Crippen molar-refractivity contribution in [3.05, 3.63) is 28.5 Å². The van der Waals surface area contributed by atoms with Crippen molar-refractivity contribution in [2.45, 2.75) is 18.9 Å². The standard InChI is InChI=1S/C13H15F2N3S/c1-17-4-2-9(3-5-17)18-11-7-8(14)6-10(15)12(11)16-13(18)19/h6-7,9H,2-5H2,1H3,(H,16,19). The molecule has 0 unspecified atom stereocenters. The quantitative estimate of drug-likeness (QED) is 0.812. The van der Waals surface area contributed by atoms with Crippen LogP contribution in [0.3, 0.4) is 0 Å². The number of benzene rings is 1. The predicted molar refractivity (Wildman–Crippen MR) is 72.8 cm³/mol. The second-order valence-corrected chi connectivity index (χ2v) is 5.50. The van der Waals surface area contributed by atoms with Crippen LogP contribution in [0.15, 0.2) is 12.1 Å². The molecule has 1 aliphatic heterocycles. The molecule has 1 saturated heterocycles. The SMILES string of the molecule is CN1CCC(n2c(=S)[nH]c3c(F)cc(F)cc32)CC1.